The monoisotopic (exact) mass is 252 g/mol. The molecule has 0 saturated carbocycles. The van der Waals surface area contributed by atoms with Gasteiger partial charge >= 0.3 is 35.5 Å². The summed E-state index contributed by atoms with van der Waals surface area (Å²) in [6.45, 7) is 1.98. The minimum atomic E-state index is -2.05. The first-order valence-corrected chi connectivity index (χ1v) is 4.79. The van der Waals surface area contributed by atoms with Gasteiger partial charge < -0.3 is 20.1 Å². The minimum absolute atomic E-state index is 0. The van der Waals surface area contributed by atoms with Gasteiger partial charge in [0, 0.05) is 6.61 Å². The van der Waals surface area contributed by atoms with Gasteiger partial charge in [-0.25, -0.2) is 4.79 Å². The first kappa shape index (κ1) is 18.9. The molecule has 1 aromatic rings. The second-order valence-electron chi connectivity index (χ2n) is 2.78. The van der Waals surface area contributed by atoms with Gasteiger partial charge in [-0.2, -0.15) is 0 Å². The van der Waals surface area contributed by atoms with Gasteiger partial charge in [0.15, 0.2) is 0 Å². The summed E-state index contributed by atoms with van der Waals surface area (Å²) < 4.78 is 4.55. The van der Waals surface area contributed by atoms with Crippen molar-refractivity contribution in [1.29, 1.82) is 0 Å². The van der Waals surface area contributed by atoms with Crippen molar-refractivity contribution in [1.82, 2.24) is 0 Å². The van der Waals surface area contributed by atoms with E-state index in [1.165, 1.54) is 0 Å². The zero-order valence-electron chi connectivity index (χ0n) is 9.04. The standard InChI is InChI=1S/C9H10O4.C2H6O.Na.H/c10-8(11)9(12)13-6-7-4-2-1-3-5-7;1-2-3;;/h1-5,8,10-11H,6H2;3H,2H2,1H3;;. The number of rotatable bonds is 3. The topological polar surface area (TPSA) is 87.0 Å². The summed E-state index contributed by atoms with van der Waals surface area (Å²) in [5.74, 6) is -1.04. The number of ether oxygens (including phenoxy) is 1. The van der Waals surface area contributed by atoms with E-state index in [0.29, 0.717) is 0 Å². The van der Waals surface area contributed by atoms with Gasteiger partial charge in [0.05, 0.1) is 0 Å². The normalized spacial score (nSPS) is 8.76. The van der Waals surface area contributed by atoms with Crippen molar-refractivity contribution in [2.75, 3.05) is 6.61 Å². The van der Waals surface area contributed by atoms with Crippen molar-refractivity contribution in [3.63, 3.8) is 0 Å². The fourth-order valence-electron chi connectivity index (χ4n) is 0.803. The third-order valence-corrected chi connectivity index (χ3v) is 1.43. The molecule has 0 atom stereocenters. The number of benzene rings is 1. The Balaban J connectivity index is 0. The SMILES string of the molecule is CCO.O=C(OCc1ccccc1)C(O)O.[NaH]. The Morgan fingerprint density at radius 3 is 2.18 bits per heavy atom. The molecule has 0 amide bonds. The molecule has 6 heteroatoms. The Labute approximate surface area is 122 Å². The van der Waals surface area contributed by atoms with Crippen molar-refractivity contribution < 1.29 is 24.9 Å². The van der Waals surface area contributed by atoms with Crippen molar-refractivity contribution >= 4 is 35.5 Å². The van der Waals surface area contributed by atoms with Gasteiger partial charge in [-0.3, -0.25) is 0 Å². The molecule has 0 aliphatic heterocycles. The predicted molar refractivity (Wildman–Crippen MR) is 64.4 cm³/mol. The number of hydrogen-bond acceptors (Lipinski definition) is 5. The molecule has 0 radical (unpaired) electrons. The Kier molecular flexibility index (Phi) is 13.4. The molecule has 0 aliphatic rings. The fraction of sp³-hybridized carbons (Fsp3) is 0.364. The summed E-state index contributed by atoms with van der Waals surface area (Å²) in [5, 5.41) is 24.3. The molecule has 92 valence electrons. The van der Waals surface area contributed by atoms with Crippen molar-refractivity contribution in [3.8, 4) is 0 Å². The van der Waals surface area contributed by atoms with Crippen LogP contribution in [-0.2, 0) is 16.1 Å². The molecule has 17 heavy (non-hydrogen) atoms. The molecule has 0 fully saturated rings. The van der Waals surface area contributed by atoms with E-state index in [1.54, 1.807) is 31.2 Å². The number of carbonyl (C=O) groups excluding carboxylic acids is 1. The van der Waals surface area contributed by atoms with Crippen LogP contribution in [0.25, 0.3) is 0 Å². The second kappa shape index (κ2) is 12.0. The number of carbonyl (C=O) groups is 1. The number of aliphatic hydroxyl groups excluding tert-OH is 2. The van der Waals surface area contributed by atoms with Crippen LogP contribution in [0.3, 0.4) is 0 Å². The summed E-state index contributed by atoms with van der Waals surface area (Å²) >= 11 is 0. The first-order valence-electron chi connectivity index (χ1n) is 4.79. The predicted octanol–water partition coefficient (Wildman–Crippen LogP) is -0.609. The molecular formula is C11H17NaO5. The van der Waals surface area contributed by atoms with Crippen molar-refractivity contribution in [2.45, 2.75) is 19.8 Å². The molecule has 0 saturated heterocycles. The summed E-state index contributed by atoms with van der Waals surface area (Å²) in [5.41, 5.74) is 0.802. The van der Waals surface area contributed by atoms with Crippen molar-refractivity contribution in [3.05, 3.63) is 35.9 Å². The molecule has 0 unspecified atom stereocenters. The van der Waals surface area contributed by atoms with E-state index in [2.05, 4.69) is 4.74 Å². The van der Waals surface area contributed by atoms with Crippen LogP contribution >= 0.6 is 0 Å². The summed E-state index contributed by atoms with van der Waals surface area (Å²) in [6.07, 6.45) is -2.05. The molecule has 0 heterocycles. The van der Waals surface area contributed by atoms with Crippen LogP contribution in [0.1, 0.15) is 12.5 Å². The van der Waals surface area contributed by atoms with Crippen LogP contribution in [-0.4, -0.2) is 63.7 Å². The molecule has 0 bridgehead atoms. The van der Waals surface area contributed by atoms with Gasteiger partial charge in [0.25, 0.3) is 6.29 Å². The van der Waals surface area contributed by atoms with Crippen LogP contribution < -0.4 is 0 Å². The maximum absolute atomic E-state index is 10.6. The third kappa shape index (κ3) is 10.4. The summed E-state index contributed by atoms with van der Waals surface area (Å²) in [6, 6.07) is 9.00. The van der Waals surface area contributed by atoms with Gasteiger partial charge in [0.2, 0.25) is 0 Å². The van der Waals surface area contributed by atoms with Crippen LogP contribution in [0.4, 0.5) is 0 Å². The van der Waals surface area contributed by atoms with E-state index in [1.807, 2.05) is 6.07 Å². The summed E-state index contributed by atoms with van der Waals surface area (Å²) in [7, 11) is 0. The Morgan fingerprint density at radius 2 is 1.76 bits per heavy atom. The molecule has 3 N–H and O–H groups in total. The van der Waals surface area contributed by atoms with Crippen LogP contribution in [0, 0.1) is 0 Å². The van der Waals surface area contributed by atoms with E-state index < -0.39 is 12.3 Å². The zero-order valence-corrected chi connectivity index (χ0v) is 9.04. The van der Waals surface area contributed by atoms with E-state index >= 15 is 0 Å². The van der Waals surface area contributed by atoms with E-state index in [-0.39, 0.29) is 42.8 Å². The number of aliphatic hydroxyl groups is 3. The average Bonchev–Trinajstić information content (AvgIpc) is 2.28. The van der Waals surface area contributed by atoms with Gasteiger partial charge in [-0.1, -0.05) is 30.3 Å². The van der Waals surface area contributed by atoms with Gasteiger partial charge in [-0.05, 0) is 12.5 Å². The quantitative estimate of drug-likeness (QED) is 0.379. The van der Waals surface area contributed by atoms with Gasteiger partial charge in [0.1, 0.15) is 6.61 Å². The fourth-order valence-corrected chi connectivity index (χ4v) is 0.803. The first-order chi connectivity index (χ1) is 7.61. The molecular weight excluding hydrogens is 235 g/mol. The molecule has 0 aromatic heterocycles. The van der Waals surface area contributed by atoms with Crippen LogP contribution in [0.2, 0.25) is 0 Å². The Morgan fingerprint density at radius 1 is 1.29 bits per heavy atom. The average molecular weight is 252 g/mol. The third-order valence-electron chi connectivity index (χ3n) is 1.43. The number of hydrogen-bond donors (Lipinski definition) is 3. The number of esters is 1. The Bertz CT molecular complexity index is 289. The zero-order chi connectivity index (χ0) is 12.4. The summed E-state index contributed by atoms with van der Waals surface area (Å²) in [4.78, 5) is 10.6. The van der Waals surface area contributed by atoms with E-state index in [4.69, 9.17) is 15.3 Å². The molecule has 1 aromatic carbocycles. The van der Waals surface area contributed by atoms with Crippen LogP contribution in [0.15, 0.2) is 30.3 Å². The maximum atomic E-state index is 10.6. The Hall–Kier alpha value is -0.430. The second-order valence-corrected chi connectivity index (χ2v) is 2.78. The van der Waals surface area contributed by atoms with E-state index in [0.717, 1.165) is 5.56 Å². The van der Waals surface area contributed by atoms with Gasteiger partial charge in [-0.15, -0.1) is 0 Å². The molecule has 0 spiro atoms. The molecule has 1 rings (SSSR count). The molecule has 5 nitrogen and oxygen atoms in total. The van der Waals surface area contributed by atoms with Crippen LogP contribution in [0.5, 0.6) is 0 Å². The molecule has 0 aliphatic carbocycles. The van der Waals surface area contributed by atoms with Crippen molar-refractivity contribution in [2.24, 2.45) is 0 Å². The van der Waals surface area contributed by atoms with E-state index in [9.17, 15) is 4.79 Å².